The Morgan fingerprint density at radius 3 is 2.28 bits per heavy atom. The highest BCUT2D eigenvalue weighted by Crippen LogP contribution is 2.17. The fourth-order valence-electron chi connectivity index (χ4n) is 2.34. The van der Waals surface area contributed by atoms with Crippen LogP contribution < -0.4 is 5.32 Å². The Bertz CT molecular complexity index is 756. The van der Waals surface area contributed by atoms with Crippen molar-refractivity contribution in [3.05, 3.63) is 41.5 Å². The molecule has 8 heteroatoms. The van der Waals surface area contributed by atoms with Crippen LogP contribution >= 0.6 is 0 Å². The number of hydrogen-bond acceptors (Lipinski definition) is 7. The number of nitrogens with zero attached hydrogens (tertiary/aromatic N) is 1. The maximum atomic E-state index is 12.4. The van der Waals surface area contributed by atoms with Crippen molar-refractivity contribution in [3.63, 3.8) is 0 Å². The molecule has 0 aliphatic rings. The maximum Gasteiger partial charge on any atom is 0.343 e. The minimum Gasteiger partial charge on any atom is -0.506 e. The number of aliphatic hydroxyl groups is 1. The van der Waals surface area contributed by atoms with Gasteiger partial charge in [0.2, 0.25) is 5.91 Å². The normalized spacial score (nSPS) is 13.0. The monoisotopic (exact) mass is 404 g/mol. The average Bonchev–Trinajstić information content (AvgIpc) is 2.69. The molecule has 158 valence electrons. The first kappa shape index (κ1) is 23.9. The summed E-state index contributed by atoms with van der Waals surface area (Å²) in [5, 5.41) is 13.0. The molecule has 29 heavy (non-hydrogen) atoms. The largest absolute Gasteiger partial charge is 0.506 e. The molecular formula is C21H28N2O6. The Morgan fingerprint density at radius 2 is 1.72 bits per heavy atom. The number of carbonyl (C=O) groups is 3. The summed E-state index contributed by atoms with van der Waals surface area (Å²) in [5.41, 5.74) is 0.247. The number of ether oxygens (including phenoxy) is 2. The number of rotatable bonds is 10. The van der Waals surface area contributed by atoms with Gasteiger partial charge in [-0.2, -0.15) is 0 Å². The molecule has 2 N–H and O–H groups in total. The molecular weight excluding hydrogens is 376 g/mol. The predicted octanol–water partition coefficient (Wildman–Crippen LogP) is 2.29. The van der Waals surface area contributed by atoms with E-state index in [4.69, 9.17) is 9.47 Å². The van der Waals surface area contributed by atoms with Crippen LogP contribution in [0.25, 0.3) is 5.76 Å². The van der Waals surface area contributed by atoms with Gasteiger partial charge in [0.25, 0.3) is 0 Å². The van der Waals surface area contributed by atoms with Crippen LogP contribution in [0.2, 0.25) is 0 Å². The lowest BCUT2D eigenvalue weighted by Crippen LogP contribution is -2.40. The zero-order valence-corrected chi connectivity index (χ0v) is 17.2. The molecule has 0 spiro atoms. The molecule has 0 saturated heterocycles. The summed E-state index contributed by atoms with van der Waals surface area (Å²) in [7, 11) is 0. The number of aliphatic hydroxyl groups excluding tert-OH is 1. The number of amides is 1. The van der Waals surface area contributed by atoms with Crippen molar-refractivity contribution in [2.75, 3.05) is 19.8 Å². The van der Waals surface area contributed by atoms with Gasteiger partial charge in [-0.3, -0.25) is 14.6 Å². The van der Waals surface area contributed by atoms with Crippen LogP contribution in [0.15, 0.2) is 40.9 Å². The number of carbonyl (C=O) groups excluding carboxylic acids is 3. The topological polar surface area (TPSA) is 114 Å². The quantitative estimate of drug-likeness (QED) is 0.268. The van der Waals surface area contributed by atoms with Crippen molar-refractivity contribution in [3.8, 4) is 0 Å². The van der Waals surface area contributed by atoms with E-state index in [0.717, 1.165) is 6.21 Å². The second kappa shape index (κ2) is 12.3. The minimum atomic E-state index is -0.877. The third-order valence-corrected chi connectivity index (χ3v) is 3.77. The summed E-state index contributed by atoms with van der Waals surface area (Å²) in [6, 6.07) is 7.59. The fraction of sp³-hybridized carbons (Fsp3) is 0.429. The second-order valence-electron chi connectivity index (χ2n) is 6.34. The Balaban J connectivity index is 3.11. The van der Waals surface area contributed by atoms with E-state index in [2.05, 4.69) is 10.3 Å². The van der Waals surface area contributed by atoms with E-state index in [9.17, 15) is 19.5 Å². The highest BCUT2D eigenvalue weighted by atomic mass is 16.5. The van der Waals surface area contributed by atoms with Gasteiger partial charge in [0.1, 0.15) is 23.9 Å². The molecule has 0 aliphatic carbocycles. The summed E-state index contributed by atoms with van der Waals surface area (Å²) in [6.07, 6.45) is 1.13. The van der Waals surface area contributed by atoms with Crippen LogP contribution in [0.4, 0.5) is 0 Å². The Hall–Kier alpha value is -3.16. The Morgan fingerprint density at radius 1 is 1.10 bits per heavy atom. The first-order valence-corrected chi connectivity index (χ1v) is 9.44. The fourth-order valence-corrected chi connectivity index (χ4v) is 2.34. The van der Waals surface area contributed by atoms with E-state index in [1.54, 1.807) is 58.0 Å². The van der Waals surface area contributed by atoms with Crippen molar-refractivity contribution in [1.82, 2.24) is 5.32 Å². The molecule has 0 aliphatic heterocycles. The second-order valence-corrected chi connectivity index (χ2v) is 6.34. The van der Waals surface area contributed by atoms with Gasteiger partial charge in [-0.1, -0.05) is 44.2 Å². The standard InChI is InChI=1S/C21H28N2O6/c1-5-28-17(24)13-23-20(26)18(14(3)4)22-12-16(21(27)29-6-2)19(25)15-10-8-7-9-11-15/h7-12,14,18,25H,5-6,13H2,1-4H3,(H,23,26)/b19-16-,22-12?/t18-/m0/s1. The van der Waals surface area contributed by atoms with Crippen LogP contribution in [0.5, 0.6) is 0 Å². The van der Waals surface area contributed by atoms with Crippen LogP contribution in [-0.4, -0.2) is 55.0 Å². The molecule has 1 rings (SSSR count). The first-order valence-electron chi connectivity index (χ1n) is 9.44. The highest BCUT2D eigenvalue weighted by Gasteiger charge is 2.23. The van der Waals surface area contributed by atoms with Gasteiger partial charge in [-0.15, -0.1) is 0 Å². The van der Waals surface area contributed by atoms with Crippen LogP contribution in [0, 0.1) is 5.92 Å². The summed E-state index contributed by atoms with van der Waals surface area (Å²) in [4.78, 5) is 40.3. The molecule has 0 aromatic heterocycles. The number of benzene rings is 1. The zero-order chi connectivity index (χ0) is 21.8. The van der Waals surface area contributed by atoms with E-state index in [1.165, 1.54) is 0 Å². The van der Waals surface area contributed by atoms with Gasteiger partial charge in [0.05, 0.1) is 13.2 Å². The summed E-state index contributed by atoms with van der Waals surface area (Å²) >= 11 is 0. The SMILES string of the molecule is CCOC(=O)CNC(=O)[C@@H](N=C/C(C(=O)OCC)=C(/O)c1ccccc1)C(C)C. The van der Waals surface area contributed by atoms with Gasteiger partial charge in [0, 0.05) is 11.8 Å². The van der Waals surface area contributed by atoms with Gasteiger partial charge in [0.15, 0.2) is 0 Å². The number of esters is 2. The number of hydrogen-bond donors (Lipinski definition) is 2. The van der Waals surface area contributed by atoms with E-state index in [1.807, 2.05) is 0 Å². The van der Waals surface area contributed by atoms with Gasteiger partial charge >= 0.3 is 11.9 Å². The zero-order valence-electron chi connectivity index (χ0n) is 17.2. The lowest BCUT2D eigenvalue weighted by molar-refractivity contribution is -0.143. The number of nitrogens with one attached hydrogen (secondary N) is 1. The maximum absolute atomic E-state index is 12.4. The lowest BCUT2D eigenvalue weighted by Gasteiger charge is -2.16. The predicted molar refractivity (Wildman–Crippen MR) is 109 cm³/mol. The van der Waals surface area contributed by atoms with E-state index < -0.39 is 23.9 Å². The van der Waals surface area contributed by atoms with E-state index in [0.29, 0.717) is 5.56 Å². The summed E-state index contributed by atoms with van der Waals surface area (Å²) in [6.45, 7) is 6.92. The lowest BCUT2D eigenvalue weighted by atomic mass is 10.0. The first-order chi connectivity index (χ1) is 13.8. The highest BCUT2D eigenvalue weighted by molar-refractivity contribution is 6.15. The molecule has 1 aromatic carbocycles. The molecule has 0 bridgehead atoms. The van der Waals surface area contributed by atoms with E-state index >= 15 is 0 Å². The minimum absolute atomic E-state index is 0.117. The smallest absolute Gasteiger partial charge is 0.343 e. The van der Waals surface area contributed by atoms with Crippen LogP contribution in [0.1, 0.15) is 33.3 Å². The molecule has 0 heterocycles. The molecule has 8 nitrogen and oxygen atoms in total. The van der Waals surface area contributed by atoms with Gasteiger partial charge < -0.3 is 19.9 Å². The molecule has 1 atom stereocenters. The van der Waals surface area contributed by atoms with Crippen LogP contribution in [0.3, 0.4) is 0 Å². The van der Waals surface area contributed by atoms with Gasteiger partial charge in [-0.05, 0) is 19.8 Å². The number of aliphatic imine (C=N–C) groups is 1. The van der Waals surface area contributed by atoms with Crippen molar-refractivity contribution in [1.29, 1.82) is 0 Å². The third kappa shape index (κ3) is 7.77. The van der Waals surface area contributed by atoms with Crippen LogP contribution in [-0.2, 0) is 23.9 Å². The summed E-state index contributed by atoms with van der Waals surface area (Å²) in [5.74, 6) is -2.34. The third-order valence-electron chi connectivity index (χ3n) is 3.77. The molecule has 0 saturated carbocycles. The van der Waals surface area contributed by atoms with Crippen molar-refractivity contribution >= 4 is 29.8 Å². The molecule has 0 fully saturated rings. The molecule has 1 aromatic rings. The van der Waals surface area contributed by atoms with Crippen molar-refractivity contribution < 1.29 is 29.0 Å². The Labute approximate surface area is 170 Å². The molecule has 0 unspecified atom stereocenters. The van der Waals surface area contributed by atoms with Gasteiger partial charge in [-0.25, -0.2) is 4.79 Å². The molecule has 1 amide bonds. The average molecular weight is 404 g/mol. The summed E-state index contributed by atoms with van der Waals surface area (Å²) < 4.78 is 9.77. The van der Waals surface area contributed by atoms with Crippen molar-refractivity contribution in [2.24, 2.45) is 10.9 Å². The molecule has 0 radical (unpaired) electrons. The van der Waals surface area contributed by atoms with E-state index in [-0.39, 0.29) is 37.0 Å². The van der Waals surface area contributed by atoms with Crippen molar-refractivity contribution in [2.45, 2.75) is 33.7 Å². The Kier molecular flexibility index (Phi) is 10.2.